The number of benzene rings is 2. The summed E-state index contributed by atoms with van der Waals surface area (Å²) in [4.78, 5) is 53.6. The molecule has 0 saturated carbocycles. The summed E-state index contributed by atoms with van der Waals surface area (Å²) >= 11 is 1.04. The number of aliphatic imine (C=N–C) groups is 1. The summed E-state index contributed by atoms with van der Waals surface area (Å²) in [6.07, 6.45) is 1.19. The number of nitrogens with one attached hydrogen (secondary N) is 1. The van der Waals surface area contributed by atoms with Gasteiger partial charge in [-0.3, -0.25) is 34.7 Å². The summed E-state index contributed by atoms with van der Waals surface area (Å²) in [5.74, 6) is -0.681. The zero-order chi connectivity index (χ0) is 26.4. The first-order valence-electron chi connectivity index (χ1n) is 11.1. The number of nitro benzene ring substituents is 2. The quantitative estimate of drug-likeness (QED) is 0.353. The largest absolute Gasteiger partial charge is 0.496 e. The van der Waals surface area contributed by atoms with Gasteiger partial charge in [0.1, 0.15) is 22.4 Å². The molecule has 13 heteroatoms. The molecule has 2 amide bonds. The molecule has 0 aromatic heterocycles. The molecule has 0 radical (unpaired) electrons. The van der Waals surface area contributed by atoms with Gasteiger partial charge in [0.15, 0.2) is 5.17 Å². The van der Waals surface area contributed by atoms with Crippen LogP contribution in [0.15, 0.2) is 47.5 Å². The van der Waals surface area contributed by atoms with Crippen molar-refractivity contribution in [2.75, 3.05) is 12.4 Å². The number of rotatable bonds is 10. The summed E-state index contributed by atoms with van der Waals surface area (Å²) in [5, 5.41) is 24.7. The van der Waals surface area contributed by atoms with E-state index in [9.17, 15) is 29.8 Å². The van der Waals surface area contributed by atoms with E-state index in [0.29, 0.717) is 6.42 Å². The highest BCUT2D eigenvalue weighted by Gasteiger charge is 2.41. The van der Waals surface area contributed by atoms with Gasteiger partial charge >= 0.3 is 0 Å². The Labute approximate surface area is 211 Å². The molecule has 12 nitrogen and oxygen atoms in total. The molecule has 3 rings (SSSR count). The Hall–Kier alpha value is -4.00. The molecule has 0 aliphatic carbocycles. The minimum absolute atomic E-state index is 0.0220. The molecule has 190 valence electrons. The smallest absolute Gasteiger partial charge is 0.296 e. The molecule has 36 heavy (non-hydrogen) atoms. The number of amides is 2. The van der Waals surface area contributed by atoms with Gasteiger partial charge in [-0.25, -0.2) is 4.99 Å². The molecule has 0 bridgehead atoms. The predicted octanol–water partition coefficient (Wildman–Crippen LogP) is 4.66. The Morgan fingerprint density at radius 3 is 2.53 bits per heavy atom. The second-order valence-corrected chi connectivity index (χ2v) is 9.16. The Kier molecular flexibility index (Phi) is 8.59. The zero-order valence-corrected chi connectivity index (χ0v) is 20.7. The lowest BCUT2D eigenvalue weighted by molar-refractivity contribution is -0.384. The van der Waals surface area contributed by atoms with Gasteiger partial charge < -0.3 is 10.1 Å². The van der Waals surface area contributed by atoms with Crippen LogP contribution in [0, 0.1) is 20.2 Å². The van der Waals surface area contributed by atoms with Crippen molar-refractivity contribution in [2.45, 2.75) is 44.4 Å². The van der Waals surface area contributed by atoms with Crippen LogP contribution in [-0.4, -0.2) is 50.1 Å². The number of methoxy groups -OCH3 is 1. The number of carbonyl (C=O) groups is 2. The number of thioether (sulfide) groups is 1. The van der Waals surface area contributed by atoms with Crippen molar-refractivity contribution < 1.29 is 24.2 Å². The van der Waals surface area contributed by atoms with E-state index in [2.05, 4.69) is 10.3 Å². The zero-order valence-electron chi connectivity index (χ0n) is 19.9. The highest BCUT2D eigenvalue weighted by molar-refractivity contribution is 8.15. The normalized spacial score (nSPS) is 17.2. The lowest BCUT2D eigenvalue weighted by Crippen LogP contribution is -2.40. The number of para-hydroxylation sites is 2. The molecule has 0 unspecified atom stereocenters. The number of amidine groups is 1. The van der Waals surface area contributed by atoms with Gasteiger partial charge in [-0.15, -0.1) is 0 Å². The molecular weight excluding hydrogens is 490 g/mol. The Balaban J connectivity index is 1.86. The van der Waals surface area contributed by atoms with Crippen LogP contribution >= 0.6 is 11.8 Å². The minimum Gasteiger partial charge on any atom is -0.496 e. The second-order valence-electron chi connectivity index (χ2n) is 7.99. The van der Waals surface area contributed by atoms with Crippen molar-refractivity contribution in [1.29, 1.82) is 0 Å². The van der Waals surface area contributed by atoms with Crippen molar-refractivity contribution in [1.82, 2.24) is 4.90 Å². The van der Waals surface area contributed by atoms with Crippen molar-refractivity contribution in [3.05, 3.63) is 62.7 Å². The van der Waals surface area contributed by atoms with Gasteiger partial charge in [0, 0.05) is 18.5 Å². The number of hydrogen-bond donors (Lipinski definition) is 1. The maximum atomic E-state index is 13.3. The van der Waals surface area contributed by atoms with Crippen molar-refractivity contribution in [3.8, 4) is 5.75 Å². The van der Waals surface area contributed by atoms with Crippen LogP contribution in [0.3, 0.4) is 0 Å². The van der Waals surface area contributed by atoms with Crippen LogP contribution < -0.4 is 10.1 Å². The standard InChI is InChI=1S/C23H25N5O7S/c1-4-7-14(2)26-22(30)20(36-23(26)25-16-8-5-6-9-18(16)27(31)32)13-21(29)24-17-11-10-15(35-3)12-19(17)28(33)34/h5-6,8-12,14,20H,4,7,13H2,1-3H3,(H,24,29)/t14-,20+/m1/s1. The van der Waals surface area contributed by atoms with E-state index in [1.807, 2.05) is 13.8 Å². The molecule has 2 atom stereocenters. The third-order valence-corrected chi connectivity index (χ3v) is 6.61. The first-order chi connectivity index (χ1) is 17.2. The van der Waals surface area contributed by atoms with E-state index in [-0.39, 0.29) is 52.0 Å². The predicted molar refractivity (Wildman–Crippen MR) is 136 cm³/mol. The van der Waals surface area contributed by atoms with Gasteiger partial charge in [0.25, 0.3) is 11.4 Å². The molecule has 0 spiro atoms. The number of nitro groups is 2. The third kappa shape index (κ3) is 5.97. The molecule has 1 saturated heterocycles. The lowest BCUT2D eigenvalue weighted by atomic mass is 10.1. The van der Waals surface area contributed by atoms with Gasteiger partial charge in [-0.05, 0) is 31.5 Å². The molecule has 1 heterocycles. The lowest BCUT2D eigenvalue weighted by Gasteiger charge is -2.24. The third-order valence-electron chi connectivity index (χ3n) is 5.45. The molecule has 1 aliphatic heterocycles. The maximum Gasteiger partial charge on any atom is 0.296 e. The molecule has 1 aliphatic rings. The van der Waals surface area contributed by atoms with E-state index >= 15 is 0 Å². The van der Waals surface area contributed by atoms with Gasteiger partial charge in [0.05, 0.1) is 23.0 Å². The number of anilines is 1. The monoisotopic (exact) mass is 515 g/mol. The average Bonchev–Trinajstić information content (AvgIpc) is 3.13. The molecule has 1 fully saturated rings. The summed E-state index contributed by atoms with van der Waals surface area (Å²) < 4.78 is 5.00. The van der Waals surface area contributed by atoms with E-state index in [4.69, 9.17) is 4.74 Å². The SMILES string of the molecule is CCC[C@@H](C)N1C(=O)[C@H](CC(=O)Nc2ccc(OC)cc2[N+](=O)[O-])SC1=Nc1ccccc1[N+](=O)[O-]. The number of hydrogen-bond acceptors (Lipinski definition) is 9. The number of ether oxygens (including phenoxy) is 1. The molecular formula is C23H25N5O7S. The maximum absolute atomic E-state index is 13.3. The average molecular weight is 516 g/mol. The summed E-state index contributed by atoms with van der Waals surface area (Å²) in [7, 11) is 1.37. The summed E-state index contributed by atoms with van der Waals surface area (Å²) in [5.41, 5.74) is -0.462. The Bertz CT molecular complexity index is 1220. The van der Waals surface area contributed by atoms with Crippen LogP contribution in [0.1, 0.15) is 33.1 Å². The molecule has 2 aromatic rings. The highest BCUT2D eigenvalue weighted by Crippen LogP contribution is 2.37. The fraction of sp³-hybridized carbons (Fsp3) is 0.348. The highest BCUT2D eigenvalue weighted by atomic mass is 32.2. The van der Waals surface area contributed by atoms with E-state index in [1.165, 1.54) is 48.4 Å². The van der Waals surface area contributed by atoms with Crippen molar-refractivity contribution >= 4 is 51.5 Å². The van der Waals surface area contributed by atoms with Crippen LogP contribution in [0.4, 0.5) is 22.7 Å². The second kappa shape index (κ2) is 11.6. The van der Waals surface area contributed by atoms with Crippen molar-refractivity contribution in [2.24, 2.45) is 4.99 Å². The topological polar surface area (TPSA) is 157 Å². The van der Waals surface area contributed by atoms with Gasteiger partial charge in [-0.2, -0.15) is 0 Å². The van der Waals surface area contributed by atoms with Crippen LogP contribution in [0.5, 0.6) is 5.75 Å². The fourth-order valence-electron chi connectivity index (χ4n) is 3.73. The van der Waals surface area contributed by atoms with E-state index < -0.39 is 21.0 Å². The van der Waals surface area contributed by atoms with Gasteiger partial charge in [-0.1, -0.05) is 37.2 Å². The van der Waals surface area contributed by atoms with Crippen LogP contribution in [0.25, 0.3) is 0 Å². The van der Waals surface area contributed by atoms with E-state index in [0.717, 1.165) is 18.2 Å². The van der Waals surface area contributed by atoms with Crippen LogP contribution in [0.2, 0.25) is 0 Å². The van der Waals surface area contributed by atoms with Crippen molar-refractivity contribution in [3.63, 3.8) is 0 Å². The molecule has 2 aromatic carbocycles. The fourth-order valence-corrected chi connectivity index (χ4v) is 4.96. The van der Waals surface area contributed by atoms with Crippen LogP contribution in [-0.2, 0) is 9.59 Å². The Morgan fingerprint density at radius 1 is 1.19 bits per heavy atom. The van der Waals surface area contributed by atoms with Gasteiger partial charge in [0.2, 0.25) is 11.8 Å². The molecule has 1 N–H and O–H groups in total. The first-order valence-corrected chi connectivity index (χ1v) is 12.0. The number of carbonyl (C=O) groups excluding carboxylic acids is 2. The first kappa shape index (κ1) is 26.6. The summed E-state index contributed by atoms with van der Waals surface area (Å²) in [6.45, 7) is 3.82. The minimum atomic E-state index is -0.844. The van der Waals surface area contributed by atoms with E-state index in [1.54, 1.807) is 6.07 Å². The summed E-state index contributed by atoms with van der Waals surface area (Å²) in [6, 6.07) is 9.73. The Morgan fingerprint density at radius 2 is 1.89 bits per heavy atom. The number of nitrogens with zero attached hydrogens (tertiary/aromatic N) is 4.